The van der Waals surface area contributed by atoms with E-state index in [1.807, 2.05) is 24.3 Å². The smallest absolute Gasteiger partial charge is 0.335 e. The molecule has 2 aromatic rings. The Balaban J connectivity index is 2.11. The molecular formula is C23H24O4. The molecule has 0 saturated carbocycles. The Morgan fingerprint density at radius 3 is 1.44 bits per heavy atom. The molecule has 0 amide bonds. The number of ether oxygens (including phenoxy) is 2. The Labute approximate surface area is 160 Å². The van der Waals surface area contributed by atoms with E-state index in [-0.39, 0.29) is 17.9 Å². The van der Waals surface area contributed by atoms with Crippen LogP contribution in [0.15, 0.2) is 72.8 Å². The zero-order chi connectivity index (χ0) is 19.6. The molecule has 0 saturated heterocycles. The van der Waals surface area contributed by atoms with Gasteiger partial charge in [0.25, 0.3) is 0 Å². The van der Waals surface area contributed by atoms with Crippen LogP contribution in [0.2, 0.25) is 0 Å². The van der Waals surface area contributed by atoms with Gasteiger partial charge in [-0.3, -0.25) is 0 Å². The van der Waals surface area contributed by atoms with Gasteiger partial charge < -0.3 is 9.47 Å². The van der Waals surface area contributed by atoms with Crippen LogP contribution >= 0.6 is 0 Å². The quantitative estimate of drug-likeness (QED) is 0.385. The number of hydrogen-bond acceptors (Lipinski definition) is 4. The summed E-state index contributed by atoms with van der Waals surface area (Å²) in [6.45, 7) is 5.65. The summed E-state index contributed by atoms with van der Waals surface area (Å²) in [6, 6.07) is 15.1. The number of rotatable bonds is 7. The van der Waals surface area contributed by atoms with Gasteiger partial charge in [-0.1, -0.05) is 43.3 Å². The molecule has 0 aliphatic carbocycles. The zero-order valence-corrected chi connectivity index (χ0v) is 15.8. The average Bonchev–Trinajstić information content (AvgIpc) is 2.65. The van der Waals surface area contributed by atoms with E-state index >= 15 is 0 Å². The van der Waals surface area contributed by atoms with Crippen LogP contribution in [0, 0.1) is 0 Å². The van der Waals surface area contributed by atoms with Gasteiger partial charge in [-0.15, -0.1) is 0 Å². The lowest BCUT2D eigenvalue weighted by Gasteiger charge is -2.17. The van der Waals surface area contributed by atoms with Crippen LogP contribution in [0.5, 0.6) is 11.5 Å². The number of allylic oxidation sites excluding steroid dienone is 2. The first-order valence-electron chi connectivity index (χ1n) is 8.96. The lowest BCUT2D eigenvalue weighted by molar-refractivity contribution is -0.129. The number of carbonyl (C=O) groups excluding carboxylic acids is 2. The minimum absolute atomic E-state index is 0.200. The molecule has 0 spiro atoms. The molecule has 0 aromatic heterocycles. The van der Waals surface area contributed by atoms with Crippen LogP contribution in [-0.4, -0.2) is 11.9 Å². The van der Waals surface area contributed by atoms with Crippen LogP contribution < -0.4 is 9.47 Å². The predicted molar refractivity (Wildman–Crippen MR) is 106 cm³/mol. The molecule has 2 aromatic carbocycles. The van der Waals surface area contributed by atoms with Crippen LogP contribution in [0.1, 0.15) is 44.2 Å². The van der Waals surface area contributed by atoms with Crippen molar-refractivity contribution >= 4 is 11.9 Å². The molecule has 0 aliphatic heterocycles. The SMILES string of the molecule is CC=CC(=O)Oc1ccc(C(CC)c2ccc(OC(=O)C=CC)cc2)cc1. The topological polar surface area (TPSA) is 52.6 Å². The molecule has 0 radical (unpaired) electrons. The third-order valence-corrected chi connectivity index (χ3v) is 4.02. The summed E-state index contributed by atoms with van der Waals surface area (Å²) in [5.74, 6) is 0.456. The van der Waals surface area contributed by atoms with Crippen molar-refractivity contribution in [1.29, 1.82) is 0 Å². The highest BCUT2D eigenvalue weighted by molar-refractivity contribution is 5.84. The molecule has 0 atom stereocenters. The third-order valence-electron chi connectivity index (χ3n) is 4.02. The van der Waals surface area contributed by atoms with E-state index in [0.29, 0.717) is 11.5 Å². The van der Waals surface area contributed by atoms with Crippen molar-refractivity contribution < 1.29 is 19.1 Å². The Hall–Kier alpha value is -3.14. The second-order valence-electron chi connectivity index (χ2n) is 5.94. The monoisotopic (exact) mass is 364 g/mol. The first kappa shape index (κ1) is 20.2. The summed E-state index contributed by atoms with van der Waals surface area (Å²) in [5.41, 5.74) is 2.25. The minimum atomic E-state index is -0.389. The largest absolute Gasteiger partial charge is 0.423 e. The van der Waals surface area contributed by atoms with Crippen LogP contribution in [0.3, 0.4) is 0 Å². The summed E-state index contributed by atoms with van der Waals surface area (Å²) < 4.78 is 10.4. The Kier molecular flexibility index (Phi) is 7.56. The van der Waals surface area contributed by atoms with Crippen molar-refractivity contribution in [2.45, 2.75) is 33.1 Å². The Morgan fingerprint density at radius 1 is 0.778 bits per heavy atom. The van der Waals surface area contributed by atoms with Crippen molar-refractivity contribution in [3.8, 4) is 11.5 Å². The molecule has 0 unspecified atom stereocenters. The van der Waals surface area contributed by atoms with Crippen molar-refractivity contribution in [3.05, 3.63) is 84.0 Å². The van der Waals surface area contributed by atoms with Crippen LogP contribution in [0.25, 0.3) is 0 Å². The number of hydrogen-bond donors (Lipinski definition) is 0. The maximum atomic E-state index is 11.5. The van der Waals surface area contributed by atoms with Crippen LogP contribution in [0.4, 0.5) is 0 Å². The van der Waals surface area contributed by atoms with Gasteiger partial charge >= 0.3 is 11.9 Å². The lowest BCUT2D eigenvalue weighted by Crippen LogP contribution is -2.05. The van der Waals surface area contributed by atoms with Crippen molar-refractivity contribution in [3.63, 3.8) is 0 Å². The van der Waals surface area contributed by atoms with E-state index < -0.39 is 0 Å². The normalized spacial score (nSPS) is 12.3. The minimum Gasteiger partial charge on any atom is -0.423 e. The first-order chi connectivity index (χ1) is 13.1. The molecule has 140 valence electrons. The van der Waals surface area contributed by atoms with Crippen molar-refractivity contribution in [2.75, 3.05) is 0 Å². The summed E-state index contributed by atoms with van der Waals surface area (Å²) >= 11 is 0. The van der Waals surface area contributed by atoms with Gasteiger partial charge in [-0.25, -0.2) is 9.59 Å². The average molecular weight is 364 g/mol. The second kappa shape index (κ2) is 10.1. The van der Waals surface area contributed by atoms with Gasteiger partial charge in [0.15, 0.2) is 0 Å². The highest BCUT2D eigenvalue weighted by atomic mass is 16.5. The van der Waals surface area contributed by atoms with Gasteiger partial charge in [0, 0.05) is 18.1 Å². The Morgan fingerprint density at radius 2 is 1.15 bits per heavy atom. The standard InChI is InChI=1S/C23H24O4/c1-4-7-22(24)26-19-13-9-17(10-14-19)21(6-3)18-11-15-20(16-12-18)27-23(25)8-5-2/h4-5,7-16,21H,6H2,1-3H3. The highest BCUT2D eigenvalue weighted by Gasteiger charge is 2.13. The maximum absolute atomic E-state index is 11.5. The first-order valence-corrected chi connectivity index (χ1v) is 8.96. The number of carbonyl (C=O) groups is 2. The second-order valence-corrected chi connectivity index (χ2v) is 5.94. The van der Waals surface area contributed by atoms with E-state index in [9.17, 15) is 9.59 Å². The third kappa shape index (κ3) is 5.96. The van der Waals surface area contributed by atoms with Crippen LogP contribution in [-0.2, 0) is 9.59 Å². The fourth-order valence-corrected chi connectivity index (χ4v) is 2.77. The summed E-state index contributed by atoms with van der Waals surface area (Å²) in [7, 11) is 0. The highest BCUT2D eigenvalue weighted by Crippen LogP contribution is 2.30. The Bertz CT molecular complexity index is 745. The van der Waals surface area contributed by atoms with E-state index in [2.05, 4.69) is 6.92 Å². The molecule has 0 aliphatic rings. The lowest BCUT2D eigenvalue weighted by atomic mass is 9.89. The van der Waals surface area contributed by atoms with E-state index in [1.165, 1.54) is 12.2 Å². The van der Waals surface area contributed by atoms with E-state index in [0.717, 1.165) is 17.5 Å². The molecule has 27 heavy (non-hydrogen) atoms. The van der Waals surface area contributed by atoms with Gasteiger partial charge in [0.05, 0.1) is 0 Å². The molecule has 0 bridgehead atoms. The summed E-state index contributed by atoms with van der Waals surface area (Å²) in [6.07, 6.45) is 6.96. The molecule has 4 heteroatoms. The van der Waals surface area contributed by atoms with Gasteiger partial charge in [0.1, 0.15) is 11.5 Å². The van der Waals surface area contributed by atoms with E-state index in [4.69, 9.17) is 9.47 Å². The predicted octanol–water partition coefficient (Wildman–Crippen LogP) is 5.19. The van der Waals surface area contributed by atoms with Gasteiger partial charge in [-0.05, 0) is 55.7 Å². The molecule has 4 nitrogen and oxygen atoms in total. The summed E-state index contributed by atoms with van der Waals surface area (Å²) in [4.78, 5) is 23.0. The zero-order valence-electron chi connectivity index (χ0n) is 15.8. The molecule has 0 fully saturated rings. The molecule has 0 heterocycles. The molecule has 2 rings (SSSR count). The fourth-order valence-electron chi connectivity index (χ4n) is 2.77. The fraction of sp³-hybridized carbons (Fsp3) is 0.217. The molecular weight excluding hydrogens is 340 g/mol. The summed E-state index contributed by atoms with van der Waals surface area (Å²) in [5, 5.41) is 0. The molecule has 0 N–H and O–H groups in total. The van der Waals surface area contributed by atoms with Gasteiger partial charge in [0.2, 0.25) is 0 Å². The van der Waals surface area contributed by atoms with Crippen molar-refractivity contribution in [1.82, 2.24) is 0 Å². The number of benzene rings is 2. The number of esters is 2. The van der Waals surface area contributed by atoms with E-state index in [1.54, 1.807) is 50.3 Å². The maximum Gasteiger partial charge on any atom is 0.335 e. The van der Waals surface area contributed by atoms with Crippen molar-refractivity contribution in [2.24, 2.45) is 0 Å². The van der Waals surface area contributed by atoms with Gasteiger partial charge in [-0.2, -0.15) is 0 Å².